The van der Waals surface area contributed by atoms with Crippen LogP contribution < -0.4 is 15.4 Å². The van der Waals surface area contributed by atoms with Crippen molar-refractivity contribution < 1.29 is 9.53 Å². The fourth-order valence-corrected chi connectivity index (χ4v) is 2.01. The molecule has 0 saturated heterocycles. The number of Topliss-reactive ketones (excluding diaryl/α,β-unsaturated/α-hetero) is 1. The molecule has 1 aromatic rings. The maximum atomic E-state index is 11.3. The average molecular weight is 291 g/mol. The van der Waals surface area contributed by atoms with Crippen molar-refractivity contribution in [1.29, 1.82) is 5.26 Å². The molecule has 0 aliphatic carbocycles. The minimum absolute atomic E-state index is 0.0695. The molecule has 0 aliphatic rings. The zero-order valence-corrected chi connectivity index (χ0v) is 13.1. The number of carbonyl (C=O) groups excluding carboxylic acids is 1. The minimum atomic E-state index is -0.492. The number of ether oxygens (including phenoxy) is 1. The molecule has 1 rings (SSSR count). The van der Waals surface area contributed by atoms with E-state index < -0.39 is 5.54 Å². The first-order valence-electron chi connectivity index (χ1n) is 6.70. The number of hydrogen-bond acceptors (Lipinski definition) is 7. The molecule has 21 heavy (non-hydrogen) atoms. The number of nitrogens with one attached hydrogen (secondary N) is 2. The summed E-state index contributed by atoms with van der Waals surface area (Å²) in [5.41, 5.74) is -0.233. The Morgan fingerprint density at radius 2 is 2.10 bits per heavy atom. The molecule has 2 N–H and O–H groups in total. The summed E-state index contributed by atoms with van der Waals surface area (Å²) in [7, 11) is 1.45. The zero-order chi connectivity index (χ0) is 16.0. The summed E-state index contributed by atoms with van der Waals surface area (Å²) in [6.45, 7) is 7.83. The van der Waals surface area contributed by atoms with E-state index in [0.29, 0.717) is 24.7 Å². The van der Waals surface area contributed by atoms with E-state index in [1.165, 1.54) is 14.0 Å². The third-order valence-electron chi connectivity index (χ3n) is 2.67. The van der Waals surface area contributed by atoms with E-state index in [1.807, 2.05) is 26.8 Å². The second-order valence-corrected chi connectivity index (χ2v) is 5.31. The van der Waals surface area contributed by atoms with E-state index in [-0.39, 0.29) is 17.2 Å². The first-order valence-corrected chi connectivity index (χ1v) is 6.70. The molecule has 0 aliphatic heterocycles. The molecule has 1 aromatic heterocycles. The standard InChI is InChI=1S/C14H21N5O2/c1-6-16-11-10(8-15)12(21-5)18-13(17-11)19-14(3,4)7-9(2)20/h6-7H2,1-5H3,(H2,16,17,18,19). The van der Waals surface area contributed by atoms with Gasteiger partial charge >= 0.3 is 0 Å². The first kappa shape index (κ1) is 16.7. The Hall–Kier alpha value is -2.36. The summed E-state index contributed by atoms with van der Waals surface area (Å²) >= 11 is 0. The molecule has 0 atom stereocenters. The van der Waals surface area contributed by atoms with Gasteiger partial charge in [0.2, 0.25) is 11.8 Å². The van der Waals surface area contributed by atoms with Crippen LogP contribution in [0.25, 0.3) is 0 Å². The minimum Gasteiger partial charge on any atom is -0.480 e. The van der Waals surface area contributed by atoms with Crippen molar-refractivity contribution in [1.82, 2.24) is 9.97 Å². The summed E-state index contributed by atoms with van der Waals surface area (Å²) in [6, 6.07) is 2.03. The third kappa shape index (κ3) is 4.60. The Kier molecular flexibility index (Phi) is 5.47. The number of methoxy groups -OCH3 is 1. The third-order valence-corrected chi connectivity index (χ3v) is 2.67. The van der Waals surface area contributed by atoms with Gasteiger partial charge in [-0.1, -0.05) is 0 Å². The highest BCUT2D eigenvalue weighted by molar-refractivity contribution is 5.77. The summed E-state index contributed by atoms with van der Waals surface area (Å²) in [5, 5.41) is 15.3. The van der Waals surface area contributed by atoms with Gasteiger partial charge in [0.15, 0.2) is 11.4 Å². The highest BCUT2D eigenvalue weighted by Crippen LogP contribution is 2.25. The molecule has 1 heterocycles. The van der Waals surface area contributed by atoms with Crippen molar-refractivity contribution in [2.75, 3.05) is 24.3 Å². The number of nitrogens with zero attached hydrogens (tertiary/aromatic N) is 3. The van der Waals surface area contributed by atoms with E-state index >= 15 is 0 Å². The Morgan fingerprint density at radius 1 is 1.43 bits per heavy atom. The lowest BCUT2D eigenvalue weighted by atomic mass is 9.98. The summed E-state index contributed by atoms with van der Waals surface area (Å²) < 4.78 is 5.14. The van der Waals surface area contributed by atoms with Gasteiger partial charge in [0, 0.05) is 18.5 Å². The Morgan fingerprint density at radius 3 is 2.57 bits per heavy atom. The van der Waals surface area contributed by atoms with Crippen LogP contribution in [0.1, 0.15) is 39.7 Å². The van der Waals surface area contributed by atoms with E-state index in [1.54, 1.807) is 0 Å². The number of hydrogen-bond donors (Lipinski definition) is 2. The van der Waals surface area contributed by atoms with Crippen molar-refractivity contribution in [3.05, 3.63) is 5.56 Å². The van der Waals surface area contributed by atoms with Gasteiger partial charge in [0.25, 0.3) is 0 Å². The second kappa shape index (κ2) is 6.88. The second-order valence-electron chi connectivity index (χ2n) is 5.31. The van der Waals surface area contributed by atoms with Crippen LogP contribution in [0.4, 0.5) is 11.8 Å². The predicted octanol–water partition coefficient (Wildman–Crippen LogP) is 1.96. The smallest absolute Gasteiger partial charge is 0.238 e. The van der Waals surface area contributed by atoms with Gasteiger partial charge < -0.3 is 15.4 Å². The lowest BCUT2D eigenvalue weighted by Gasteiger charge is -2.25. The Balaban J connectivity index is 3.17. The summed E-state index contributed by atoms with van der Waals surface area (Å²) in [5.74, 6) is 0.991. The van der Waals surface area contributed by atoms with E-state index in [2.05, 4.69) is 20.6 Å². The van der Waals surface area contributed by atoms with Crippen LogP contribution in [0.2, 0.25) is 0 Å². The quantitative estimate of drug-likeness (QED) is 0.792. The average Bonchev–Trinajstić information content (AvgIpc) is 2.36. The fourth-order valence-electron chi connectivity index (χ4n) is 2.01. The van der Waals surface area contributed by atoms with Gasteiger partial charge in [-0.05, 0) is 27.7 Å². The van der Waals surface area contributed by atoms with Crippen LogP contribution in [0, 0.1) is 11.3 Å². The van der Waals surface area contributed by atoms with Crippen molar-refractivity contribution in [3.63, 3.8) is 0 Å². The Bertz CT molecular complexity index is 563. The molecule has 0 radical (unpaired) electrons. The molecule has 114 valence electrons. The molecule has 0 spiro atoms. The molecule has 0 unspecified atom stereocenters. The number of anilines is 2. The normalized spacial score (nSPS) is 10.7. The molecule has 0 saturated carbocycles. The molecule has 0 bridgehead atoms. The van der Waals surface area contributed by atoms with Gasteiger partial charge in [0.1, 0.15) is 11.9 Å². The van der Waals surface area contributed by atoms with Crippen LogP contribution in [0.15, 0.2) is 0 Å². The number of nitriles is 1. The van der Waals surface area contributed by atoms with Crippen molar-refractivity contribution in [3.8, 4) is 11.9 Å². The molecule has 0 amide bonds. The van der Waals surface area contributed by atoms with Crippen molar-refractivity contribution >= 4 is 17.5 Å². The van der Waals surface area contributed by atoms with E-state index in [0.717, 1.165) is 0 Å². The van der Waals surface area contributed by atoms with Gasteiger partial charge in [0.05, 0.1) is 7.11 Å². The maximum Gasteiger partial charge on any atom is 0.238 e. The highest BCUT2D eigenvalue weighted by Gasteiger charge is 2.23. The number of rotatable bonds is 7. The van der Waals surface area contributed by atoms with Gasteiger partial charge in [-0.2, -0.15) is 15.2 Å². The Labute approximate surface area is 124 Å². The lowest BCUT2D eigenvalue weighted by Crippen LogP contribution is -2.34. The van der Waals surface area contributed by atoms with Gasteiger partial charge in [-0.3, -0.25) is 4.79 Å². The SMILES string of the molecule is CCNc1nc(NC(C)(C)CC(C)=O)nc(OC)c1C#N. The fraction of sp³-hybridized carbons (Fsp3) is 0.571. The summed E-state index contributed by atoms with van der Waals surface area (Å²) in [4.78, 5) is 19.7. The molecular weight excluding hydrogens is 270 g/mol. The molecule has 0 fully saturated rings. The largest absolute Gasteiger partial charge is 0.480 e. The lowest BCUT2D eigenvalue weighted by molar-refractivity contribution is -0.117. The van der Waals surface area contributed by atoms with Crippen LogP contribution in [0.3, 0.4) is 0 Å². The zero-order valence-electron chi connectivity index (χ0n) is 13.1. The van der Waals surface area contributed by atoms with Crippen molar-refractivity contribution in [2.24, 2.45) is 0 Å². The molecule has 7 heteroatoms. The maximum absolute atomic E-state index is 11.3. The topological polar surface area (TPSA) is 99.9 Å². The number of ketones is 1. The molecular formula is C14H21N5O2. The molecule has 7 nitrogen and oxygen atoms in total. The summed E-state index contributed by atoms with van der Waals surface area (Å²) in [6.07, 6.45) is 0.342. The predicted molar refractivity (Wildman–Crippen MR) is 80.5 cm³/mol. The van der Waals surface area contributed by atoms with Crippen LogP contribution in [0.5, 0.6) is 5.88 Å². The van der Waals surface area contributed by atoms with E-state index in [4.69, 9.17) is 4.74 Å². The highest BCUT2D eigenvalue weighted by atomic mass is 16.5. The van der Waals surface area contributed by atoms with E-state index in [9.17, 15) is 10.1 Å². The van der Waals surface area contributed by atoms with Crippen molar-refractivity contribution in [2.45, 2.75) is 39.7 Å². The molecule has 0 aromatic carbocycles. The number of carbonyl (C=O) groups is 1. The first-order chi connectivity index (χ1) is 9.82. The van der Waals surface area contributed by atoms with Crippen LogP contribution in [-0.4, -0.2) is 34.9 Å². The van der Waals surface area contributed by atoms with Gasteiger partial charge in [-0.15, -0.1) is 0 Å². The number of aromatic nitrogens is 2. The monoisotopic (exact) mass is 291 g/mol. The van der Waals surface area contributed by atoms with Crippen LogP contribution >= 0.6 is 0 Å². The van der Waals surface area contributed by atoms with Crippen LogP contribution in [-0.2, 0) is 4.79 Å². The van der Waals surface area contributed by atoms with Gasteiger partial charge in [-0.25, -0.2) is 0 Å².